The number of nitrogens with zero attached hydrogens (tertiary/aromatic N) is 4. The Morgan fingerprint density at radius 2 is 1.72 bits per heavy atom. The summed E-state index contributed by atoms with van der Waals surface area (Å²) in [5, 5.41) is 4.45. The van der Waals surface area contributed by atoms with Gasteiger partial charge in [0.1, 0.15) is 17.2 Å². The smallest absolute Gasteiger partial charge is 0.192 e. The molecule has 4 aromatic rings. The third kappa shape index (κ3) is 4.86. The summed E-state index contributed by atoms with van der Waals surface area (Å²) < 4.78 is 6.28. The molecule has 0 saturated carbocycles. The van der Waals surface area contributed by atoms with E-state index < -0.39 is 8.32 Å². The number of benzene rings is 1. The number of anilines is 1. The minimum Gasteiger partial charge on any atom is -0.415 e. The fraction of sp³-hybridized carbons (Fsp3) is 0.333. The van der Waals surface area contributed by atoms with Gasteiger partial charge in [-0.15, -0.1) is 0 Å². The molecular formula is C24H30N6OSi. The van der Waals surface area contributed by atoms with Crippen LogP contribution in [0.5, 0.6) is 0 Å². The largest absolute Gasteiger partial charge is 0.415 e. The molecule has 0 bridgehead atoms. The van der Waals surface area contributed by atoms with E-state index in [9.17, 15) is 0 Å². The number of hydrogen-bond acceptors (Lipinski definition) is 6. The van der Waals surface area contributed by atoms with Gasteiger partial charge in [0.15, 0.2) is 8.32 Å². The molecule has 0 unspecified atom stereocenters. The number of aromatic nitrogens is 5. The van der Waals surface area contributed by atoms with Gasteiger partial charge in [0.25, 0.3) is 0 Å². The molecule has 7 nitrogen and oxygen atoms in total. The Balaban J connectivity index is 1.40. The highest BCUT2D eigenvalue weighted by atomic mass is 28.4. The first-order valence-corrected chi connectivity index (χ1v) is 13.8. The second-order valence-electron chi connectivity index (χ2n) is 7.88. The predicted molar refractivity (Wildman–Crippen MR) is 132 cm³/mol. The molecule has 3 heterocycles. The first-order chi connectivity index (χ1) is 15.7. The topological polar surface area (TPSA) is 88.6 Å². The molecule has 0 saturated heterocycles. The highest BCUT2D eigenvalue weighted by Crippen LogP contribution is 2.24. The van der Waals surface area contributed by atoms with Crippen LogP contribution in [-0.4, -0.2) is 46.4 Å². The molecule has 0 aliphatic rings. The van der Waals surface area contributed by atoms with E-state index in [1.807, 2.05) is 18.3 Å². The second kappa shape index (κ2) is 10.0. The predicted octanol–water partition coefficient (Wildman–Crippen LogP) is 5.52. The molecule has 3 aromatic heterocycles. The van der Waals surface area contributed by atoms with Gasteiger partial charge in [0.05, 0.1) is 37.1 Å². The molecular weight excluding hydrogens is 416 g/mol. The summed E-state index contributed by atoms with van der Waals surface area (Å²) in [6.45, 7) is 8.15. The molecule has 2 N–H and O–H groups in total. The van der Waals surface area contributed by atoms with Crippen LogP contribution in [0.1, 0.15) is 20.8 Å². The molecule has 0 aliphatic heterocycles. The van der Waals surface area contributed by atoms with Crippen molar-refractivity contribution in [2.75, 3.05) is 18.5 Å². The summed E-state index contributed by atoms with van der Waals surface area (Å²) >= 11 is 0. The maximum Gasteiger partial charge on any atom is 0.192 e. The van der Waals surface area contributed by atoms with Gasteiger partial charge in [-0.2, -0.15) is 0 Å². The van der Waals surface area contributed by atoms with Crippen LogP contribution in [0.25, 0.3) is 33.5 Å². The van der Waals surface area contributed by atoms with Crippen molar-refractivity contribution in [3.63, 3.8) is 0 Å². The summed E-state index contributed by atoms with van der Waals surface area (Å²) in [5.41, 5.74) is 4.32. The Morgan fingerprint density at radius 3 is 2.47 bits per heavy atom. The molecule has 1 aromatic carbocycles. The molecule has 8 heteroatoms. The number of aromatic amines is 1. The summed E-state index contributed by atoms with van der Waals surface area (Å²) in [5.74, 6) is 0.733. The molecule has 0 spiro atoms. The van der Waals surface area contributed by atoms with E-state index in [2.05, 4.69) is 58.2 Å². The van der Waals surface area contributed by atoms with Crippen LogP contribution >= 0.6 is 0 Å². The summed E-state index contributed by atoms with van der Waals surface area (Å²) in [7, 11) is -1.55. The summed E-state index contributed by atoms with van der Waals surface area (Å²) in [4.78, 5) is 21.4. The average Bonchev–Trinajstić information content (AvgIpc) is 3.33. The van der Waals surface area contributed by atoms with Gasteiger partial charge in [0, 0.05) is 29.2 Å². The molecule has 0 atom stereocenters. The van der Waals surface area contributed by atoms with Crippen molar-refractivity contribution in [3.8, 4) is 22.6 Å². The van der Waals surface area contributed by atoms with Crippen molar-refractivity contribution in [2.24, 2.45) is 0 Å². The molecule has 166 valence electrons. The Morgan fingerprint density at radius 1 is 0.906 bits per heavy atom. The monoisotopic (exact) mass is 446 g/mol. The highest BCUT2D eigenvalue weighted by Gasteiger charge is 2.28. The van der Waals surface area contributed by atoms with Crippen molar-refractivity contribution in [1.82, 2.24) is 24.9 Å². The Labute approximate surface area is 189 Å². The van der Waals surface area contributed by atoms with E-state index in [1.54, 1.807) is 24.8 Å². The zero-order valence-electron chi connectivity index (χ0n) is 18.9. The van der Waals surface area contributed by atoms with Gasteiger partial charge >= 0.3 is 0 Å². The van der Waals surface area contributed by atoms with E-state index >= 15 is 0 Å². The SMILES string of the molecule is CC[Si](CC)(CC)OCCNc1cnc(-c2cncc(-c3ccc4[nH]ccc4c3)n2)cn1. The van der Waals surface area contributed by atoms with Gasteiger partial charge in [-0.05, 0) is 36.3 Å². The van der Waals surface area contributed by atoms with E-state index in [1.165, 1.54) is 0 Å². The second-order valence-corrected chi connectivity index (χ2v) is 12.7. The van der Waals surface area contributed by atoms with Crippen LogP contribution in [0.4, 0.5) is 5.82 Å². The zero-order chi connectivity index (χ0) is 22.4. The van der Waals surface area contributed by atoms with Gasteiger partial charge < -0.3 is 14.7 Å². The van der Waals surface area contributed by atoms with Crippen LogP contribution in [0, 0.1) is 0 Å². The van der Waals surface area contributed by atoms with Crippen LogP contribution in [0.15, 0.2) is 55.2 Å². The van der Waals surface area contributed by atoms with E-state index in [-0.39, 0.29) is 0 Å². The third-order valence-corrected chi connectivity index (χ3v) is 10.8. The number of H-pyrrole nitrogens is 1. The van der Waals surface area contributed by atoms with Gasteiger partial charge in [-0.1, -0.05) is 26.8 Å². The number of nitrogens with one attached hydrogen (secondary N) is 2. The molecule has 32 heavy (non-hydrogen) atoms. The Hall–Kier alpha value is -3.10. The normalized spacial score (nSPS) is 11.7. The zero-order valence-corrected chi connectivity index (χ0v) is 19.9. The standard InChI is InChI=1S/C24H30N6OSi/c1-4-32(5-2,6-3)31-12-11-27-24-17-28-22(16-29-24)23-15-25-14-21(30-23)18-7-8-20-19(13-18)9-10-26-20/h7-10,13-17,26H,4-6,11-12H2,1-3H3,(H,27,29). The molecule has 0 fully saturated rings. The lowest BCUT2D eigenvalue weighted by atomic mass is 10.1. The molecule has 0 amide bonds. The van der Waals surface area contributed by atoms with Crippen molar-refractivity contribution >= 4 is 25.0 Å². The third-order valence-electron chi connectivity index (χ3n) is 6.15. The van der Waals surface area contributed by atoms with Crippen LogP contribution < -0.4 is 5.32 Å². The fourth-order valence-electron chi connectivity index (χ4n) is 3.90. The van der Waals surface area contributed by atoms with Crippen molar-refractivity contribution < 1.29 is 4.43 Å². The fourth-order valence-corrected chi connectivity index (χ4v) is 6.54. The van der Waals surface area contributed by atoms with Crippen LogP contribution in [0.3, 0.4) is 0 Å². The summed E-state index contributed by atoms with van der Waals surface area (Å²) in [6, 6.07) is 11.7. The lowest BCUT2D eigenvalue weighted by Gasteiger charge is -2.28. The lowest BCUT2D eigenvalue weighted by molar-refractivity contribution is 0.314. The molecule has 4 rings (SSSR count). The molecule has 0 aliphatic carbocycles. The quantitative estimate of drug-likeness (QED) is 0.246. The minimum absolute atomic E-state index is 0.693. The lowest BCUT2D eigenvalue weighted by Crippen LogP contribution is -2.37. The first-order valence-electron chi connectivity index (χ1n) is 11.3. The maximum absolute atomic E-state index is 6.28. The Kier molecular flexibility index (Phi) is 6.92. The van der Waals surface area contributed by atoms with Crippen LogP contribution in [-0.2, 0) is 4.43 Å². The number of hydrogen-bond donors (Lipinski definition) is 2. The van der Waals surface area contributed by atoms with Crippen molar-refractivity contribution in [2.45, 2.75) is 38.9 Å². The highest BCUT2D eigenvalue weighted by molar-refractivity contribution is 6.73. The van der Waals surface area contributed by atoms with Crippen molar-refractivity contribution in [1.29, 1.82) is 0 Å². The average molecular weight is 447 g/mol. The van der Waals surface area contributed by atoms with Crippen LogP contribution in [0.2, 0.25) is 18.1 Å². The van der Waals surface area contributed by atoms with Gasteiger partial charge in [-0.3, -0.25) is 4.98 Å². The number of rotatable bonds is 10. The van der Waals surface area contributed by atoms with E-state index in [4.69, 9.17) is 9.41 Å². The Bertz CT molecular complexity index is 1150. The number of fused-ring (bicyclic) bond motifs is 1. The maximum atomic E-state index is 6.28. The first kappa shape index (κ1) is 22.1. The van der Waals surface area contributed by atoms with E-state index in [0.717, 1.165) is 52.7 Å². The van der Waals surface area contributed by atoms with Gasteiger partial charge in [-0.25, -0.2) is 15.0 Å². The van der Waals surface area contributed by atoms with Gasteiger partial charge in [0.2, 0.25) is 0 Å². The summed E-state index contributed by atoms with van der Waals surface area (Å²) in [6.07, 6.45) is 8.89. The minimum atomic E-state index is -1.55. The van der Waals surface area contributed by atoms with E-state index in [0.29, 0.717) is 18.0 Å². The van der Waals surface area contributed by atoms with Crippen molar-refractivity contribution in [3.05, 3.63) is 55.2 Å². The molecule has 0 radical (unpaired) electrons.